The first kappa shape index (κ1) is 39.9. The van der Waals surface area contributed by atoms with E-state index in [1.54, 1.807) is 14.1 Å². The maximum Gasteiger partial charge on any atom is 0.320 e. The van der Waals surface area contributed by atoms with E-state index < -0.39 is 0 Å². The Morgan fingerprint density at radius 3 is 0.763 bits per heavy atom. The lowest BCUT2D eigenvalue weighted by Gasteiger charge is -2.24. The number of rotatable bonds is 28. The second-order valence-electron chi connectivity index (χ2n) is 12.2. The highest BCUT2D eigenvalue weighted by molar-refractivity contribution is 5.84. The van der Waals surface area contributed by atoms with Crippen LogP contribution in [0.4, 0.5) is 0 Å². The molecular weight excluding hydrogens is 534 g/mol. The lowest BCUT2D eigenvalue weighted by atomic mass is 10.0. The molecule has 0 aromatic carbocycles. The van der Waals surface area contributed by atoms with Gasteiger partial charge < -0.3 is 17.0 Å². The van der Waals surface area contributed by atoms with Crippen molar-refractivity contribution in [1.82, 2.24) is 0 Å². The third-order valence-corrected chi connectivity index (χ3v) is 8.24. The van der Waals surface area contributed by atoms with Crippen LogP contribution in [0.1, 0.15) is 194 Å². The summed E-state index contributed by atoms with van der Waals surface area (Å²) in [7, 11) is 3.60. The van der Waals surface area contributed by atoms with Gasteiger partial charge in [-0.2, -0.15) is 0 Å². The van der Waals surface area contributed by atoms with Gasteiger partial charge in [-0.1, -0.05) is 168 Å². The molecule has 0 atom stereocenters. The molecule has 0 N–H and O–H groups in total. The van der Waals surface area contributed by atoms with E-state index in [4.69, 9.17) is 0 Å². The van der Waals surface area contributed by atoms with Gasteiger partial charge in [0.25, 0.3) is 0 Å². The predicted molar refractivity (Wildman–Crippen MR) is 163 cm³/mol. The Morgan fingerprint density at radius 2 is 0.553 bits per heavy atom. The van der Waals surface area contributed by atoms with Crippen LogP contribution in [0.15, 0.2) is 0 Å². The molecule has 4 heteroatoms. The average molecular weight is 603 g/mol. The highest BCUT2D eigenvalue weighted by Crippen LogP contribution is 2.17. The number of amides is 2. The average Bonchev–Trinajstić information content (AvgIpc) is 2.89. The number of nitrogens with zero attached hydrogens (tertiary/aromatic N) is 1. The molecule has 0 aromatic heterocycles. The molecule has 0 aromatic rings. The molecule has 0 rings (SSSR count). The van der Waals surface area contributed by atoms with Crippen LogP contribution in [0.25, 0.3) is 0 Å². The summed E-state index contributed by atoms with van der Waals surface area (Å²) in [5.74, 6) is 0.200. The molecule has 0 unspecified atom stereocenters. The molecule has 0 aliphatic carbocycles. The Hall–Kier alpha value is -0.220. The summed E-state index contributed by atoms with van der Waals surface area (Å²) in [6.45, 7) is 4.55. The van der Waals surface area contributed by atoms with E-state index in [0.717, 1.165) is 25.7 Å². The van der Waals surface area contributed by atoms with Gasteiger partial charge in [-0.15, -0.1) is 0 Å². The number of imide groups is 1. The molecule has 0 bridgehead atoms. The van der Waals surface area contributed by atoms with Crippen molar-refractivity contribution >= 4 is 11.8 Å². The van der Waals surface area contributed by atoms with E-state index in [0.29, 0.717) is 12.8 Å². The van der Waals surface area contributed by atoms with E-state index in [2.05, 4.69) is 13.8 Å². The summed E-state index contributed by atoms with van der Waals surface area (Å²) in [5, 5.41) is 0. The van der Waals surface area contributed by atoms with Crippen LogP contribution in [0.3, 0.4) is 0 Å². The van der Waals surface area contributed by atoms with Crippen molar-refractivity contribution in [3.8, 4) is 0 Å². The van der Waals surface area contributed by atoms with Crippen molar-refractivity contribution in [3.05, 3.63) is 0 Å². The lowest BCUT2D eigenvalue weighted by Crippen LogP contribution is -3.00. The summed E-state index contributed by atoms with van der Waals surface area (Å²) in [6, 6.07) is 0. The Kier molecular flexibility index (Phi) is 31.3. The molecule has 0 saturated heterocycles. The minimum absolute atomic E-state index is 0. The molecule has 0 saturated carbocycles. The van der Waals surface area contributed by atoms with Crippen LogP contribution in [-0.4, -0.2) is 30.4 Å². The first-order chi connectivity index (χ1) is 18.0. The highest BCUT2D eigenvalue weighted by Gasteiger charge is 2.33. The van der Waals surface area contributed by atoms with E-state index >= 15 is 0 Å². The molecule has 0 aliphatic heterocycles. The highest BCUT2D eigenvalue weighted by atomic mass is 79.9. The van der Waals surface area contributed by atoms with E-state index in [-0.39, 0.29) is 33.3 Å². The zero-order valence-corrected chi connectivity index (χ0v) is 28.0. The van der Waals surface area contributed by atoms with Gasteiger partial charge in [-0.05, 0) is 12.8 Å². The van der Waals surface area contributed by atoms with Crippen molar-refractivity contribution < 1.29 is 31.1 Å². The number of hydrogen-bond donors (Lipinski definition) is 0. The van der Waals surface area contributed by atoms with Crippen molar-refractivity contribution in [2.24, 2.45) is 0 Å². The van der Waals surface area contributed by atoms with Gasteiger partial charge in [0.1, 0.15) is 0 Å². The maximum atomic E-state index is 12.7. The maximum absolute atomic E-state index is 12.7. The van der Waals surface area contributed by atoms with Crippen LogP contribution >= 0.6 is 0 Å². The second kappa shape index (κ2) is 29.8. The number of quaternary nitrogens is 1. The minimum atomic E-state index is -0.0590. The summed E-state index contributed by atoms with van der Waals surface area (Å²) in [6.07, 6.45) is 35.2. The molecule has 228 valence electrons. The number of hydrogen-bond acceptors (Lipinski definition) is 2. The van der Waals surface area contributed by atoms with Gasteiger partial charge in [-0.3, -0.25) is 0 Å². The minimum Gasteiger partial charge on any atom is -1.00 e. The van der Waals surface area contributed by atoms with Gasteiger partial charge >= 0.3 is 11.8 Å². The van der Waals surface area contributed by atoms with Gasteiger partial charge in [0.15, 0.2) is 0 Å². The molecule has 0 heterocycles. The molecule has 0 spiro atoms. The molecule has 2 amide bonds. The fourth-order valence-electron chi connectivity index (χ4n) is 5.29. The number of carbonyl (C=O) groups excluding carboxylic acids is 2. The second-order valence-corrected chi connectivity index (χ2v) is 12.2. The zero-order valence-electron chi connectivity index (χ0n) is 26.4. The molecule has 38 heavy (non-hydrogen) atoms. The standard InChI is InChI=1S/C34H68NO2.BrH/c1-5-7-9-11-13-15-17-19-21-23-25-27-29-31-33(36)35(3,4)34(37)32-30-28-26-24-22-20-18-16-14-12-10-8-6-2;/h5-32H2,1-4H3;1H/q+1;/p-1. The Morgan fingerprint density at radius 1 is 0.368 bits per heavy atom. The van der Waals surface area contributed by atoms with Crippen molar-refractivity contribution in [2.75, 3.05) is 14.1 Å². The number of halogens is 1. The van der Waals surface area contributed by atoms with Crippen molar-refractivity contribution in [2.45, 2.75) is 194 Å². The zero-order chi connectivity index (χ0) is 27.5. The topological polar surface area (TPSA) is 34.1 Å². The summed E-state index contributed by atoms with van der Waals surface area (Å²) < 4.78 is -0.0590. The molecule has 3 nitrogen and oxygen atoms in total. The molecule has 0 radical (unpaired) electrons. The smallest absolute Gasteiger partial charge is 0.320 e. The first-order valence-electron chi connectivity index (χ1n) is 16.9. The largest absolute Gasteiger partial charge is 1.00 e. The summed E-state index contributed by atoms with van der Waals surface area (Å²) in [5.41, 5.74) is 0. The Balaban J connectivity index is 0. The van der Waals surface area contributed by atoms with Crippen LogP contribution in [0, 0.1) is 0 Å². The fourth-order valence-corrected chi connectivity index (χ4v) is 5.29. The van der Waals surface area contributed by atoms with Crippen LogP contribution in [0.5, 0.6) is 0 Å². The molecule has 0 aliphatic rings. The first-order valence-corrected chi connectivity index (χ1v) is 16.9. The van der Waals surface area contributed by atoms with Crippen molar-refractivity contribution in [3.63, 3.8) is 0 Å². The van der Waals surface area contributed by atoms with Gasteiger partial charge in [0, 0.05) is 0 Å². The Bertz CT molecular complexity index is 477. The van der Waals surface area contributed by atoms with Gasteiger partial charge in [-0.25, -0.2) is 14.1 Å². The summed E-state index contributed by atoms with van der Waals surface area (Å²) in [4.78, 5) is 25.4. The Labute approximate surface area is 250 Å². The molecule has 0 fully saturated rings. The fraction of sp³-hybridized carbons (Fsp3) is 0.941. The van der Waals surface area contributed by atoms with Crippen LogP contribution < -0.4 is 17.0 Å². The normalized spacial score (nSPS) is 11.5. The number of unbranched alkanes of at least 4 members (excludes halogenated alkanes) is 24. The lowest BCUT2D eigenvalue weighted by molar-refractivity contribution is -0.736. The predicted octanol–water partition coefficient (Wildman–Crippen LogP) is 8.08. The molecular formula is C34H68BrNO2. The van der Waals surface area contributed by atoms with E-state index in [1.807, 2.05) is 0 Å². The van der Waals surface area contributed by atoms with Crippen LogP contribution in [-0.2, 0) is 9.59 Å². The number of carbonyl (C=O) groups is 2. The quantitative estimate of drug-likeness (QED) is 0.0670. The van der Waals surface area contributed by atoms with Gasteiger partial charge in [0.2, 0.25) is 0 Å². The monoisotopic (exact) mass is 601 g/mol. The third-order valence-electron chi connectivity index (χ3n) is 8.24. The van der Waals surface area contributed by atoms with E-state index in [1.165, 1.54) is 141 Å². The van der Waals surface area contributed by atoms with Gasteiger partial charge in [0.05, 0.1) is 26.9 Å². The summed E-state index contributed by atoms with van der Waals surface area (Å²) >= 11 is 0. The SMILES string of the molecule is CCCCCCCCCCCCCCCC(=O)[N+](C)(C)C(=O)CCCCCCCCCCCCCCC.[Br-]. The third kappa shape index (κ3) is 24.8. The van der Waals surface area contributed by atoms with Crippen molar-refractivity contribution in [1.29, 1.82) is 0 Å². The van der Waals surface area contributed by atoms with Crippen LogP contribution in [0.2, 0.25) is 0 Å². The van der Waals surface area contributed by atoms with E-state index in [9.17, 15) is 9.59 Å².